The van der Waals surface area contributed by atoms with Crippen LogP contribution in [0.2, 0.25) is 15.1 Å². The molecule has 3 aromatic rings. The van der Waals surface area contributed by atoms with Crippen molar-refractivity contribution >= 4 is 46.4 Å². The summed E-state index contributed by atoms with van der Waals surface area (Å²) >= 11 is 18.1. The first-order valence-electron chi connectivity index (χ1n) is 9.16. The number of carbonyl (C=O) groups is 1. The Morgan fingerprint density at radius 2 is 1.80 bits per heavy atom. The molecule has 0 spiro atoms. The van der Waals surface area contributed by atoms with Crippen molar-refractivity contribution in [3.05, 3.63) is 74.1 Å². The van der Waals surface area contributed by atoms with Gasteiger partial charge in [0.25, 0.3) is 5.91 Å². The lowest BCUT2D eigenvalue weighted by Crippen LogP contribution is -2.12. The van der Waals surface area contributed by atoms with Crippen LogP contribution in [-0.4, -0.2) is 11.0 Å². The highest BCUT2D eigenvalue weighted by atomic mass is 35.5. The van der Waals surface area contributed by atoms with E-state index < -0.39 is 5.91 Å². The Labute approximate surface area is 189 Å². The Balaban J connectivity index is 1.71. The molecule has 0 saturated carbocycles. The summed E-state index contributed by atoms with van der Waals surface area (Å²) in [5.41, 5.74) is 2.10. The van der Waals surface area contributed by atoms with Crippen LogP contribution >= 0.6 is 34.8 Å². The van der Waals surface area contributed by atoms with Crippen LogP contribution in [0.3, 0.4) is 0 Å². The zero-order chi connectivity index (χ0) is 22.0. The highest BCUT2D eigenvalue weighted by Gasteiger charge is 2.16. The fourth-order valence-electron chi connectivity index (χ4n) is 2.88. The van der Waals surface area contributed by atoms with Gasteiger partial charge in [-0.25, -0.2) is 0 Å². The molecule has 0 aliphatic rings. The monoisotopic (exact) mass is 467 g/mol. The number of ether oxygens (including phenoxy) is 1. The smallest absolute Gasteiger partial charge is 0.291 e. The van der Waals surface area contributed by atoms with E-state index in [1.165, 1.54) is 12.1 Å². The van der Waals surface area contributed by atoms with E-state index in [0.717, 1.165) is 11.1 Å². The van der Waals surface area contributed by atoms with Crippen LogP contribution in [0.15, 0.2) is 40.8 Å². The van der Waals surface area contributed by atoms with E-state index in [1.54, 1.807) is 31.2 Å². The Morgan fingerprint density at radius 3 is 2.43 bits per heavy atom. The molecule has 0 bridgehead atoms. The second-order valence-corrected chi connectivity index (χ2v) is 8.34. The first-order chi connectivity index (χ1) is 14.2. The maximum Gasteiger partial charge on any atom is 0.291 e. The van der Waals surface area contributed by atoms with E-state index in [1.807, 2.05) is 13.8 Å². The summed E-state index contributed by atoms with van der Waals surface area (Å²) in [4.78, 5) is 12.6. The standard InChI is InChI=1S/C22H20Cl3NO4/c1-11(2)15-9-18(12(3)6-19(15)27)26-22(28)20-5-4-14(30-20)10-29-21-16(24)7-13(23)8-17(21)25/h4-9,11,27H,10H2,1-3H3,(H,26,28). The quantitative estimate of drug-likeness (QED) is 0.375. The first kappa shape index (κ1) is 22.3. The Bertz CT molecular complexity index is 1070. The van der Waals surface area contributed by atoms with Crippen LogP contribution in [0.4, 0.5) is 5.69 Å². The van der Waals surface area contributed by atoms with Crippen LogP contribution < -0.4 is 10.1 Å². The predicted molar refractivity (Wildman–Crippen MR) is 119 cm³/mol. The van der Waals surface area contributed by atoms with E-state index in [4.69, 9.17) is 44.0 Å². The number of phenolic OH excluding ortho intramolecular Hbond substituents is 1. The number of hydrogen-bond acceptors (Lipinski definition) is 4. The fraction of sp³-hybridized carbons (Fsp3) is 0.227. The summed E-state index contributed by atoms with van der Waals surface area (Å²) in [5, 5.41) is 13.9. The number of halogens is 3. The number of phenols is 1. The van der Waals surface area contributed by atoms with E-state index in [-0.39, 0.29) is 39.8 Å². The van der Waals surface area contributed by atoms with Crippen LogP contribution in [0, 0.1) is 6.92 Å². The molecular formula is C22H20Cl3NO4. The van der Waals surface area contributed by atoms with Crippen LogP contribution in [0.5, 0.6) is 11.5 Å². The zero-order valence-corrected chi connectivity index (χ0v) is 18.8. The molecule has 0 fully saturated rings. The molecule has 5 nitrogen and oxygen atoms in total. The molecule has 3 rings (SSSR count). The number of furan rings is 1. The molecule has 8 heteroatoms. The molecule has 0 radical (unpaired) electrons. The third-order valence-corrected chi connectivity index (χ3v) is 5.23. The summed E-state index contributed by atoms with van der Waals surface area (Å²) < 4.78 is 11.2. The van der Waals surface area contributed by atoms with Gasteiger partial charge in [-0.15, -0.1) is 0 Å². The summed E-state index contributed by atoms with van der Waals surface area (Å²) in [6, 6.07) is 9.64. The average molecular weight is 469 g/mol. The lowest BCUT2D eigenvalue weighted by Gasteiger charge is -2.14. The maximum atomic E-state index is 12.6. The normalized spacial score (nSPS) is 11.0. The topological polar surface area (TPSA) is 71.7 Å². The van der Waals surface area contributed by atoms with E-state index in [0.29, 0.717) is 16.5 Å². The summed E-state index contributed by atoms with van der Waals surface area (Å²) in [7, 11) is 0. The van der Waals surface area contributed by atoms with Crippen molar-refractivity contribution in [1.29, 1.82) is 0 Å². The van der Waals surface area contributed by atoms with Crippen molar-refractivity contribution in [1.82, 2.24) is 0 Å². The maximum absolute atomic E-state index is 12.6. The number of benzene rings is 2. The van der Waals surface area contributed by atoms with Crippen molar-refractivity contribution in [3.8, 4) is 11.5 Å². The minimum Gasteiger partial charge on any atom is -0.508 e. The van der Waals surface area contributed by atoms with Crippen molar-refractivity contribution in [3.63, 3.8) is 0 Å². The van der Waals surface area contributed by atoms with Gasteiger partial charge in [0.2, 0.25) is 0 Å². The Kier molecular flexibility index (Phi) is 6.86. The molecule has 2 aromatic carbocycles. The number of rotatable bonds is 6. The van der Waals surface area contributed by atoms with Crippen molar-refractivity contribution < 1.29 is 19.1 Å². The predicted octanol–water partition coefficient (Wildman–Crippen LogP) is 7.21. The number of aromatic hydroxyl groups is 1. The zero-order valence-electron chi connectivity index (χ0n) is 16.6. The molecule has 0 unspecified atom stereocenters. The van der Waals surface area contributed by atoms with Gasteiger partial charge in [0.1, 0.15) is 18.1 Å². The van der Waals surface area contributed by atoms with Gasteiger partial charge in [-0.3, -0.25) is 4.79 Å². The Morgan fingerprint density at radius 1 is 1.13 bits per heavy atom. The second-order valence-electron chi connectivity index (χ2n) is 7.09. The molecule has 1 heterocycles. The summed E-state index contributed by atoms with van der Waals surface area (Å²) in [6.45, 7) is 5.77. The average Bonchev–Trinajstić information content (AvgIpc) is 3.11. The van der Waals surface area contributed by atoms with Crippen molar-refractivity contribution in [2.24, 2.45) is 0 Å². The van der Waals surface area contributed by atoms with Gasteiger partial charge in [0.05, 0.1) is 10.0 Å². The molecule has 0 aliphatic carbocycles. The van der Waals surface area contributed by atoms with Gasteiger partial charge in [0, 0.05) is 10.7 Å². The second kappa shape index (κ2) is 9.21. The fourth-order valence-corrected chi connectivity index (χ4v) is 3.80. The van der Waals surface area contributed by atoms with Crippen LogP contribution in [0.1, 0.15) is 47.2 Å². The van der Waals surface area contributed by atoms with Crippen LogP contribution in [0.25, 0.3) is 0 Å². The van der Waals surface area contributed by atoms with Gasteiger partial charge in [-0.05, 0) is 60.4 Å². The molecule has 1 aromatic heterocycles. The van der Waals surface area contributed by atoms with Gasteiger partial charge in [-0.1, -0.05) is 48.7 Å². The van der Waals surface area contributed by atoms with Gasteiger partial charge in [-0.2, -0.15) is 0 Å². The summed E-state index contributed by atoms with van der Waals surface area (Å²) in [6.07, 6.45) is 0. The molecule has 158 valence electrons. The minimum absolute atomic E-state index is 0.0318. The molecule has 0 aliphatic heterocycles. The minimum atomic E-state index is -0.410. The third-order valence-electron chi connectivity index (χ3n) is 4.45. The number of anilines is 1. The SMILES string of the molecule is Cc1cc(O)c(C(C)C)cc1NC(=O)c1ccc(COc2c(Cl)cc(Cl)cc2Cl)o1. The molecule has 0 atom stereocenters. The number of amides is 1. The molecular weight excluding hydrogens is 449 g/mol. The third kappa shape index (κ3) is 5.04. The first-order valence-corrected chi connectivity index (χ1v) is 10.3. The molecule has 0 saturated heterocycles. The van der Waals surface area contributed by atoms with Crippen molar-refractivity contribution in [2.75, 3.05) is 5.32 Å². The highest BCUT2D eigenvalue weighted by Crippen LogP contribution is 2.36. The number of carbonyl (C=O) groups excluding carboxylic acids is 1. The van der Waals surface area contributed by atoms with Gasteiger partial charge in [0.15, 0.2) is 11.5 Å². The van der Waals surface area contributed by atoms with Crippen LogP contribution in [-0.2, 0) is 6.61 Å². The lowest BCUT2D eigenvalue weighted by molar-refractivity contribution is 0.0992. The number of hydrogen-bond donors (Lipinski definition) is 2. The lowest BCUT2D eigenvalue weighted by atomic mass is 9.99. The summed E-state index contributed by atoms with van der Waals surface area (Å²) in [5.74, 6) is 0.740. The number of aryl methyl sites for hydroxylation is 1. The molecule has 1 amide bonds. The van der Waals surface area contributed by atoms with Crippen molar-refractivity contribution in [2.45, 2.75) is 33.3 Å². The van der Waals surface area contributed by atoms with E-state index in [9.17, 15) is 9.90 Å². The number of nitrogens with one attached hydrogen (secondary N) is 1. The van der Waals surface area contributed by atoms with E-state index in [2.05, 4.69) is 5.32 Å². The van der Waals surface area contributed by atoms with Gasteiger partial charge < -0.3 is 19.6 Å². The van der Waals surface area contributed by atoms with E-state index >= 15 is 0 Å². The van der Waals surface area contributed by atoms with Gasteiger partial charge >= 0.3 is 0 Å². The highest BCUT2D eigenvalue weighted by molar-refractivity contribution is 6.40. The molecule has 30 heavy (non-hydrogen) atoms. The molecule has 2 N–H and O–H groups in total. The Hall–Kier alpha value is -2.34. The largest absolute Gasteiger partial charge is 0.508 e.